The molecule has 3 N–H and O–H groups in total. The van der Waals surface area contributed by atoms with Gasteiger partial charge in [-0.15, -0.1) is 0 Å². The third kappa shape index (κ3) is 8.58. The molecule has 1 aromatic rings. The third-order valence-electron chi connectivity index (χ3n) is 8.93. The normalized spacial score (nSPS) is 22.2. The van der Waals surface area contributed by atoms with E-state index in [0.29, 0.717) is 68.7 Å². The van der Waals surface area contributed by atoms with Gasteiger partial charge in [0.05, 0.1) is 11.6 Å². The molecule has 3 atom stereocenters. The Morgan fingerprint density at radius 1 is 1.19 bits per heavy atom. The average Bonchev–Trinajstić information content (AvgIpc) is 3.81. The van der Waals surface area contributed by atoms with E-state index in [0.717, 1.165) is 51.0 Å². The summed E-state index contributed by atoms with van der Waals surface area (Å²) in [4.78, 5) is 44.3. The molecule has 9 nitrogen and oxygen atoms in total. The van der Waals surface area contributed by atoms with Gasteiger partial charge in [0, 0.05) is 56.9 Å². The number of nitrogens with zero attached hydrogens (tertiary/aromatic N) is 2. The number of anilines is 2. The van der Waals surface area contributed by atoms with E-state index in [1.165, 1.54) is 0 Å². The number of carbonyl (C=O) groups is 3. The van der Waals surface area contributed by atoms with Crippen molar-refractivity contribution < 1.29 is 23.9 Å². The first-order valence-electron chi connectivity index (χ1n) is 16.5. The van der Waals surface area contributed by atoms with E-state index < -0.39 is 5.60 Å². The molecular weight excluding hydrogens is 544 g/mol. The van der Waals surface area contributed by atoms with E-state index >= 15 is 0 Å². The van der Waals surface area contributed by atoms with Crippen LogP contribution >= 0.6 is 0 Å². The summed E-state index contributed by atoms with van der Waals surface area (Å²) in [6.07, 6.45) is 6.66. The first-order valence-corrected chi connectivity index (χ1v) is 16.5. The Kier molecular flexibility index (Phi) is 11.6. The molecule has 0 bridgehead atoms. The van der Waals surface area contributed by atoms with Crippen molar-refractivity contribution in [3.63, 3.8) is 0 Å². The highest BCUT2D eigenvalue weighted by atomic mass is 16.5. The summed E-state index contributed by atoms with van der Waals surface area (Å²) in [5, 5.41) is 3.39. The lowest BCUT2D eigenvalue weighted by atomic mass is 9.84. The Morgan fingerprint density at radius 3 is 2.60 bits per heavy atom. The van der Waals surface area contributed by atoms with Gasteiger partial charge in [0.15, 0.2) is 5.60 Å². The van der Waals surface area contributed by atoms with E-state index in [-0.39, 0.29) is 35.5 Å². The van der Waals surface area contributed by atoms with Gasteiger partial charge < -0.3 is 30.3 Å². The van der Waals surface area contributed by atoms with Crippen LogP contribution in [0.3, 0.4) is 0 Å². The van der Waals surface area contributed by atoms with Gasteiger partial charge in [0.1, 0.15) is 11.5 Å². The first kappa shape index (κ1) is 33.4. The minimum Gasteiger partial charge on any atom is -0.476 e. The van der Waals surface area contributed by atoms with Gasteiger partial charge in [-0.25, -0.2) is 0 Å². The largest absolute Gasteiger partial charge is 0.476 e. The number of hydrogen-bond donors (Lipinski definition) is 2. The Morgan fingerprint density at radius 2 is 1.93 bits per heavy atom. The minimum atomic E-state index is -0.969. The van der Waals surface area contributed by atoms with Gasteiger partial charge in [0.2, 0.25) is 5.91 Å². The number of nitrogens with one attached hydrogen (secondary N) is 1. The van der Waals surface area contributed by atoms with Crippen LogP contribution in [0.15, 0.2) is 18.2 Å². The van der Waals surface area contributed by atoms with E-state index in [4.69, 9.17) is 15.2 Å². The Labute approximate surface area is 258 Å². The number of amides is 2. The van der Waals surface area contributed by atoms with Crippen molar-refractivity contribution >= 4 is 29.0 Å². The minimum absolute atomic E-state index is 0.0538. The fourth-order valence-corrected chi connectivity index (χ4v) is 6.59. The molecule has 1 aromatic carbocycles. The van der Waals surface area contributed by atoms with Gasteiger partial charge in [-0.2, -0.15) is 0 Å². The van der Waals surface area contributed by atoms with Crippen LogP contribution in [0, 0.1) is 23.7 Å². The Bertz CT molecular complexity index is 1120. The molecule has 4 rings (SSSR count). The third-order valence-corrected chi connectivity index (χ3v) is 8.93. The molecule has 0 radical (unpaired) electrons. The number of ether oxygens (including phenoxy) is 2. The van der Waals surface area contributed by atoms with Crippen LogP contribution in [-0.2, 0) is 19.1 Å². The zero-order valence-electron chi connectivity index (χ0n) is 27.0. The monoisotopic (exact) mass is 598 g/mol. The van der Waals surface area contributed by atoms with Crippen LogP contribution in [-0.4, -0.2) is 68.6 Å². The zero-order chi connectivity index (χ0) is 31.1. The molecule has 1 saturated heterocycles. The van der Waals surface area contributed by atoms with Crippen LogP contribution in [0.4, 0.5) is 11.4 Å². The number of carbonyl (C=O) groups excluding carboxylic acids is 3. The number of hydrogen-bond acceptors (Lipinski definition) is 7. The van der Waals surface area contributed by atoms with Crippen molar-refractivity contribution in [2.75, 3.05) is 49.2 Å². The smallest absolute Gasteiger partial charge is 0.270 e. The van der Waals surface area contributed by atoms with E-state index in [1.54, 1.807) is 18.7 Å². The van der Waals surface area contributed by atoms with Crippen LogP contribution in [0.25, 0.3) is 0 Å². The number of nitrogens with two attached hydrogens (primary N) is 1. The molecule has 2 amide bonds. The Balaban J connectivity index is 1.43. The van der Waals surface area contributed by atoms with Gasteiger partial charge in [-0.1, -0.05) is 13.8 Å². The van der Waals surface area contributed by atoms with Gasteiger partial charge in [-0.05, 0) is 102 Å². The second-order valence-electron chi connectivity index (χ2n) is 13.6. The number of ketones is 1. The molecule has 9 heteroatoms. The lowest BCUT2D eigenvalue weighted by Gasteiger charge is -2.39. The van der Waals surface area contributed by atoms with Crippen molar-refractivity contribution in [1.29, 1.82) is 0 Å². The van der Waals surface area contributed by atoms with Crippen molar-refractivity contribution in [2.24, 2.45) is 29.4 Å². The van der Waals surface area contributed by atoms with Crippen molar-refractivity contribution in [3.05, 3.63) is 18.2 Å². The number of benzene rings is 1. The quantitative estimate of drug-likeness (QED) is 0.284. The lowest BCUT2D eigenvalue weighted by Crippen LogP contribution is -2.53. The molecule has 0 spiro atoms. The summed E-state index contributed by atoms with van der Waals surface area (Å²) in [5.74, 6) is 1.50. The topological polar surface area (TPSA) is 114 Å². The lowest BCUT2D eigenvalue weighted by molar-refractivity contribution is -0.132. The highest BCUT2D eigenvalue weighted by Crippen LogP contribution is 2.43. The summed E-state index contributed by atoms with van der Waals surface area (Å²) in [7, 11) is 0. The molecule has 2 heterocycles. The van der Waals surface area contributed by atoms with Gasteiger partial charge >= 0.3 is 0 Å². The van der Waals surface area contributed by atoms with Gasteiger partial charge in [0.25, 0.3) is 5.91 Å². The van der Waals surface area contributed by atoms with Crippen LogP contribution in [0.2, 0.25) is 0 Å². The highest BCUT2D eigenvalue weighted by molar-refractivity contribution is 6.04. The summed E-state index contributed by atoms with van der Waals surface area (Å²) in [6, 6.07) is 5.86. The average molecular weight is 599 g/mol. The predicted molar refractivity (Wildman–Crippen MR) is 170 cm³/mol. The molecular formula is C34H54N4O5. The first-order chi connectivity index (χ1) is 20.6. The maximum atomic E-state index is 14.1. The number of Topliss-reactive ketones (excluding diaryl/α,β-unsaturated/α-hetero) is 1. The van der Waals surface area contributed by atoms with Crippen LogP contribution in [0.5, 0.6) is 5.75 Å². The number of piperidine rings is 1. The zero-order valence-corrected chi connectivity index (χ0v) is 27.0. The number of fused-ring (bicyclic) bond motifs is 1. The summed E-state index contributed by atoms with van der Waals surface area (Å²) < 4.78 is 11.8. The molecule has 43 heavy (non-hydrogen) atoms. The summed E-state index contributed by atoms with van der Waals surface area (Å²) in [5.41, 5.74) is 6.27. The maximum absolute atomic E-state index is 14.1. The maximum Gasteiger partial charge on any atom is 0.270 e. The molecule has 2 aliphatic heterocycles. The molecule has 0 aromatic heterocycles. The van der Waals surface area contributed by atoms with Crippen molar-refractivity contribution in [3.8, 4) is 5.75 Å². The molecule has 2 fully saturated rings. The van der Waals surface area contributed by atoms with E-state index in [9.17, 15) is 14.4 Å². The number of rotatable bonds is 16. The summed E-state index contributed by atoms with van der Waals surface area (Å²) in [6.45, 7) is 13.7. The molecule has 240 valence electrons. The second-order valence-corrected chi connectivity index (χ2v) is 13.6. The summed E-state index contributed by atoms with van der Waals surface area (Å²) >= 11 is 0. The highest BCUT2D eigenvalue weighted by Gasteiger charge is 2.43. The molecule has 1 unspecified atom stereocenters. The van der Waals surface area contributed by atoms with Gasteiger partial charge in [-0.3, -0.25) is 14.4 Å². The fourth-order valence-electron chi connectivity index (χ4n) is 6.59. The SMILES string of the molecule is CCOCC(CCCC(=O)[C@@H]1CNC[C@H](C(=O)N(c2ccc3c(c2)N(CCCN)C(=O)C(C)(C)O3)C2CC2)C1)CC(C)C. The van der Waals surface area contributed by atoms with E-state index in [2.05, 4.69) is 19.2 Å². The standard InChI is InChI=1S/C34H54N4O5/c1-6-42-22-24(17-23(2)3)9-7-10-30(39)25-18-26(21-36-20-25)32(40)38(27-11-12-27)28-13-14-31-29(19-28)37(16-8-15-35)33(41)34(4,5)43-31/h13-14,19,23-27,36H,6-12,15-18,20-22,35H2,1-5H3/t24?,25-,26+/m0/s1. The molecule has 3 aliphatic rings. The predicted octanol–water partition coefficient (Wildman–Crippen LogP) is 4.70. The fraction of sp³-hybridized carbons (Fsp3) is 0.735. The van der Waals surface area contributed by atoms with Crippen molar-refractivity contribution in [1.82, 2.24) is 5.32 Å². The molecule has 1 saturated carbocycles. The van der Waals surface area contributed by atoms with E-state index in [1.807, 2.05) is 30.0 Å². The molecule has 1 aliphatic carbocycles. The van der Waals surface area contributed by atoms with Crippen LogP contribution in [0.1, 0.15) is 86.0 Å². The van der Waals surface area contributed by atoms with Crippen LogP contribution < -0.4 is 25.6 Å². The van der Waals surface area contributed by atoms with Crippen molar-refractivity contribution in [2.45, 2.75) is 97.6 Å². The Hall–Kier alpha value is -2.49. The second kappa shape index (κ2) is 15.0.